The molecule has 0 aromatic heterocycles. The zero-order valence-electron chi connectivity index (χ0n) is 18.6. The Balaban J connectivity index is -0.000000395. The molecule has 0 bridgehead atoms. The summed E-state index contributed by atoms with van der Waals surface area (Å²) in [6, 6.07) is 6.21. The largest absolute Gasteiger partial charge is 2.00 e. The third kappa shape index (κ3) is 16.7. The Morgan fingerprint density at radius 3 is 1.64 bits per heavy atom. The molecular weight excluding hydrogens is 594 g/mol. The molecule has 33 heavy (non-hydrogen) atoms. The molecular formula is C22H26Br2F6MgO2. The Morgan fingerprint density at radius 2 is 1.30 bits per heavy atom. The quantitative estimate of drug-likeness (QED) is 0.275. The first kappa shape index (κ1) is 37.1. The van der Waals surface area contributed by atoms with Crippen molar-refractivity contribution in [1.82, 2.24) is 0 Å². The first-order chi connectivity index (χ1) is 14.7. The third-order valence-electron chi connectivity index (χ3n) is 3.45. The SMILES string of the molecule is C1CCOC1.COc1ccc(F)cc1C(F)F.C[CH-]C.Fc1ccc(Br)c(C(F)F)c1.[Br-].[Mg+2]. The van der Waals surface area contributed by atoms with Crippen LogP contribution in [0.4, 0.5) is 26.3 Å². The van der Waals surface area contributed by atoms with E-state index in [4.69, 9.17) is 4.74 Å². The molecule has 0 radical (unpaired) electrons. The number of ether oxygens (including phenoxy) is 2. The van der Waals surface area contributed by atoms with Crippen LogP contribution in [0.3, 0.4) is 0 Å². The summed E-state index contributed by atoms with van der Waals surface area (Å²) in [6.45, 7) is 6.00. The van der Waals surface area contributed by atoms with E-state index >= 15 is 0 Å². The van der Waals surface area contributed by atoms with Gasteiger partial charge in [-0.25, -0.2) is 26.3 Å². The molecule has 0 N–H and O–H groups in total. The summed E-state index contributed by atoms with van der Waals surface area (Å²) in [7, 11) is 1.26. The van der Waals surface area contributed by atoms with Crippen LogP contribution in [-0.4, -0.2) is 43.4 Å². The second kappa shape index (κ2) is 22.0. The van der Waals surface area contributed by atoms with Crippen molar-refractivity contribution in [3.8, 4) is 5.75 Å². The van der Waals surface area contributed by atoms with Gasteiger partial charge in [-0.1, -0.05) is 15.9 Å². The molecule has 11 heteroatoms. The Kier molecular flexibility index (Phi) is 24.7. The fourth-order valence-corrected chi connectivity index (χ4v) is 2.49. The zero-order valence-corrected chi connectivity index (χ0v) is 23.2. The van der Waals surface area contributed by atoms with Crippen molar-refractivity contribution >= 4 is 39.0 Å². The van der Waals surface area contributed by atoms with Gasteiger partial charge in [0.15, 0.2) is 0 Å². The number of rotatable bonds is 3. The Labute approximate surface area is 226 Å². The van der Waals surface area contributed by atoms with Gasteiger partial charge in [0.05, 0.1) is 12.7 Å². The molecule has 1 saturated heterocycles. The van der Waals surface area contributed by atoms with E-state index in [0.29, 0.717) is 0 Å². The number of methoxy groups -OCH3 is 1. The Hall–Kier alpha value is -0.494. The molecule has 1 aliphatic rings. The molecule has 1 heterocycles. The van der Waals surface area contributed by atoms with E-state index in [1.165, 1.54) is 32.1 Å². The molecule has 3 rings (SSSR count). The molecule has 0 amide bonds. The molecule has 0 atom stereocenters. The van der Waals surface area contributed by atoms with E-state index in [-0.39, 0.29) is 55.8 Å². The average Bonchev–Trinajstić information content (AvgIpc) is 3.31. The predicted molar refractivity (Wildman–Crippen MR) is 118 cm³/mol. The van der Waals surface area contributed by atoms with Crippen molar-refractivity contribution in [2.75, 3.05) is 20.3 Å². The number of alkyl halides is 4. The molecule has 0 unspecified atom stereocenters. The number of halogens is 8. The van der Waals surface area contributed by atoms with Gasteiger partial charge in [0.2, 0.25) is 0 Å². The topological polar surface area (TPSA) is 18.5 Å². The monoisotopic (exact) mass is 618 g/mol. The van der Waals surface area contributed by atoms with Gasteiger partial charge in [-0.05, 0) is 49.2 Å². The van der Waals surface area contributed by atoms with Crippen molar-refractivity contribution in [3.63, 3.8) is 0 Å². The fraction of sp³-hybridized carbons (Fsp3) is 0.409. The van der Waals surface area contributed by atoms with Gasteiger partial charge in [0.1, 0.15) is 17.4 Å². The number of hydrogen-bond donors (Lipinski definition) is 0. The Morgan fingerprint density at radius 1 is 0.879 bits per heavy atom. The van der Waals surface area contributed by atoms with Gasteiger partial charge in [-0.3, -0.25) is 0 Å². The summed E-state index contributed by atoms with van der Waals surface area (Å²) in [5.74, 6) is -1.33. The summed E-state index contributed by atoms with van der Waals surface area (Å²) in [6.07, 6.45) is -0.796. The zero-order chi connectivity index (χ0) is 23.8. The van der Waals surface area contributed by atoms with Crippen LogP contribution in [-0.2, 0) is 4.74 Å². The molecule has 1 fully saturated rings. The van der Waals surface area contributed by atoms with Crippen LogP contribution >= 0.6 is 15.9 Å². The minimum absolute atomic E-state index is 0. The fourth-order valence-electron chi connectivity index (χ4n) is 2.07. The van der Waals surface area contributed by atoms with Crippen LogP contribution in [0.5, 0.6) is 5.75 Å². The number of hydrogen-bond acceptors (Lipinski definition) is 2. The van der Waals surface area contributed by atoms with Gasteiger partial charge in [-0.15, -0.1) is 0 Å². The van der Waals surface area contributed by atoms with E-state index in [1.807, 2.05) is 20.3 Å². The third-order valence-corrected chi connectivity index (χ3v) is 4.17. The second-order valence-corrected chi connectivity index (χ2v) is 6.90. The van der Waals surface area contributed by atoms with Crippen LogP contribution < -0.4 is 21.7 Å². The van der Waals surface area contributed by atoms with E-state index in [2.05, 4.69) is 20.7 Å². The van der Waals surface area contributed by atoms with Crippen LogP contribution in [0.15, 0.2) is 40.9 Å². The van der Waals surface area contributed by atoms with Crippen molar-refractivity contribution < 1.29 is 52.8 Å². The summed E-state index contributed by atoms with van der Waals surface area (Å²) >= 11 is 2.88. The normalized spacial score (nSPS) is 11.5. The van der Waals surface area contributed by atoms with Crippen LogP contribution in [0.25, 0.3) is 0 Å². The van der Waals surface area contributed by atoms with E-state index in [0.717, 1.165) is 37.5 Å². The molecule has 2 aromatic carbocycles. The molecule has 1 aliphatic heterocycles. The maximum atomic E-state index is 12.5. The molecule has 0 spiro atoms. The van der Waals surface area contributed by atoms with Crippen molar-refractivity contribution in [2.45, 2.75) is 39.5 Å². The van der Waals surface area contributed by atoms with Crippen molar-refractivity contribution in [2.24, 2.45) is 0 Å². The maximum absolute atomic E-state index is 12.5. The minimum atomic E-state index is -2.71. The standard InChI is InChI=1S/C8H7F3O.C7H4BrF3.C4H8O.C3H7.BrH.Mg/c1-12-7-3-2-5(9)4-6(7)8(10)11;8-6-2-1-4(9)3-5(6)7(10)11;1-2-4-5-3-1;1-3-2;;/h2-4,8H,1H3;1-3,7H;1-4H2;3H,1-2H3;1H;/q;;;-1;;+2/p-1. The molecule has 2 aromatic rings. The first-order valence-electron chi connectivity index (χ1n) is 9.34. The van der Waals surface area contributed by atoms with Gasteiger partial charge >= 0.3 is 23.1 Å². The molecule has 2 nitrogen and oxygen atoms in total. The Bertz CT molecular complexity index is 743. The van der Waals surface area contributed by atoms with Crippen LogP contribution in [0.1, 0.15) is 50.7 Å². The van der Waals surface area contributed by atoms with Gasteiger partial charge in [0.25, 0.3) is 12.9 Å². The maximum Gasteiger partial charge on any atom is 2.00 e. The van der Waals surface area contributed by atoms with E-state index in [9.17, 15) is 26.3 Å². The summed E-state index contributed by atoms with van der Waals surface area (Å²) < 4.78 is 82.9. The second-order valence-electron chi connectivity index (χ2n) is 6.05. The number of benzene rings is 2. The molecule has 184 valence electrons. The van der Waals surface area contributed by atoms with E-state index in [1.54, 1.807) is 0 Å². The predicted octanol–water partition coefficient (Wildman–Crippen LogP) is 4.95. The van der Waals surface area contributed by atoms with Crippen molar-refractivity contribution in [3.05, 3.63) is 70.1 Å². The van der Waals surface area contributed by atoms with Crippen LogP contribution in [0, 0.1) is 18.1 Å². The summed E-state index contributed by atoms with van der Waals surface area (Å²) in [5, 5.41) is 0. The summed E-state index contributed by atoms with van der Waals surface area (Å²) in [4.78, 5) is 0. The molecule has 0 saturated carbocycles. The van der Waals surface area contributed by atoms with Gasteiger partial charge in [0, 0.05) is 23.2 Å². The van der Waals surface area contributed by atoms with Gasteiger partial charge in [-0.2, -0.15) is 13.8 Å². The van der Waals surface area contributed by atoms with Crippen LogP contribution in [0.2, 0.25) is 0 Å². The smallest absolute Gasteiger partial charge is 1.00 e. The van der Waals surface area contributed by atoms with Gasteiger partial charge < -0.3 is 32.9 Å². The average molecular weight is 621 g/mol. The first-order valence-corrected chi connectivity index (χ1v) is 10.1. The minimum Gasteiger partial charge on any atom is -1.00 e. The van der Waals surface area contributed by atoms with Crippen molar-refractivity contribution in [1.29, 1.82) is 0 Å². The summed E-state index contributed by atoms with van der Waals surface area (Å²) in [5.41, 5.74) is -0.734. The molecule has 0 aliphatic carbocycles. The van der Waals surface area contributed by atoms with E-state index < -0.39 is 30.0 Å².